The lowest BCUT2D eigenvalue weighted by atomic mass is 9.99. The molecule has 1 amide bonds. The predicted octanol–water partition coefficient (Wildman–Crippen LogP) is 0.938. The van der Waals surface area contributed by atoms with Crippen molar-refractivity contribution in [3.8, 4) is 0 Å². The third-order valence-electron chi connectivity index (χ3n) is 3.62. The highest BCUT2D eigenvalue weighted by Crippen LogP contribution is 2.24. The Hall–Kier alpha value is -1.88. The average Bonchev–Trinajstić information content (AvgIpc) is 2.70. The van der Waals surface area contributed by atoms with Gasteiger partial charge in [0.1, 0.15) is 0 Å². The van der Waals surface area contributed by atoms with E-state index in [2.05, 4.69) is 4.90 Å². The van der Waals surface area contributed by atoms with Crippen LogP contribution in [0.2, 0.25) is 0 Å². The van der Waals surface area contributed by atoms with Crippen molar-refractivity contribution in [3.05, 3.63) is 35.4 Å². The van der Waals surface area contributed by atoms with Crippen molar-refractivity contribution in [1.29, 1.82) is 0 Å². The van der Waals surface area contributed by atoms with Crippen LogP contribution < -0.4 is 5.73 Å². The van der Waals surface area contributed by atoms with Crippen molar-refractivity contribution >= 4 is 11.9 Å². The summed E-state index contributed by atoms with van der Waals surface area (Å²) in [6.45, 7) is 3.92. The molecule has 19 heavy (non-hydrogen) atoms. The van der Waals surface area contributed by atoms with E-state index in [-0.39, 0.29) is 11.8 Å². The minimum Gasteiger partial charge on any atom is -0.481 e. The summed E-state index contributed by atoms with van der Waals surface area (Å²) < 4.78 is 0. The van der Waals surface area contributed by atoms with E-state index >= 15 is 0 Å². The molecule has 0 spiro atoms. The molecule has 2 atom stereocenters. The van der Waals surface area contributed by atoms with Gasteiger partial charge in [-0.1, -0.05) is 19.1 Å². The number of carboxylic acids is 1. The van der Waals surface area contributed by atoms with Crippen LogP contribution in [0.1, 0.15) is 22.8 Å². The number of primary amides is 1. The van der Waals surface area contributed by atoms with Crippen molar-refractivity contribution in [3.63, 3.8) is 0 Å². The molecule has 1 fully saturated rings. The first-order valence-electron chi connectivity index (χ1n) is 6.31. The number of rotatable bonds is 4. The smallest absolute Gasteiger partial charge is 0.308 e. The van der Waals surface area contributed by atoms with Crippen LogP contribution in [0, 0.1) is 11.8 Å². The molecule has 1 aliphatic heterocycles. The second kappa shape index (κ2) is 5.40. The Labute approximate surface area is 112 Å². The fourth-order valence-corrected chi connectivity index (χ4v) is 2.60. The minimum atomic E-state index is -0.735. The number of nitrogens with two attached hydrogens (primary N) is 1. The maximum absolute atomic E-state index is 11.1. The Kier molecular flexibility index (Phi) is 3.85. The largest absolute Gasteiger partial charge is 0.481 e. The second-order valence-electron chi connectivity index (χ2n) is 5.18. The average molecular weight is 262 g/mol. The number of benzene rings is 1. The van der Waals surface area contributed by atoms with Crippen molar-refractivity contribution in [2.75, 3.05) is 13.1 Å². The molecule has 1 aromatic carbocycles. The molecule has 1 aliphatic rings. The summed E-state index contributed by atoms with van der Waals surface area (Å²) in [5.41, 5.74) is 6.71. The lowest BCUT2D eigenvalue weighted by molar-refractivity contribution is -0.142. The van der Waals surface area contributed by atoms with Gasteiger partial charge in [0.05, 0.1) is 5.92 Å². The molecule has 0 aromatic heterocycles. The van der Waals surface area contributed by atoms with Gasteiger partial charge in [0.25, 0.3) is 0 Å². The number of aliphatic carboxylic acids is 1. The highest BCUT2D eigenvalue weighted by molar-refractivity contribution is 5.92. The molecule has 2 unspecified atom stereocenters. The van der Waals surface area contributed by atoms with Crippen molar-refractivity contribution in [1.82, 2.24) is 4.90 Å². The molecule has 0 radical (unpaired) electrons. The number of nitrogens with zero attached hydrogens (tertiary/aromatic N) is 1. The molecular weight excluding hydrogens is 244 g/mol. The number of carbonyl (C=O) groups is 2. The van der Waals surface area contributed by atoms with E-state index in [4.69, 9.17) is 10.8 Å². The molecule has 5 nitrogen and oxygen atoms in total. The van der Waals surface area contributed by atoms with Crippen LogP contribution in [-0.2, 0) is 11.3 Å². The van der Waals surface area contributed by atoms with Crippen LogP contribution in [0.15, 0.2) is 24.3 Å². The summed E-state index contributed by atoms with van der Waals surface area (Å²) in [6.07, 6.45) is 0. The third-order valence-corrected chi connectivity index (χ3v) is 3.62. The lowest BCUT2D eigenvalue weighted by Gasteiger charge is -2.15. The van der Waals surface area contributed by atoms with Gasteiger partial charge in [0.15, 0.2) is 0 Å². The molecule has 3 N–H and O–H groups in total. The fraction of sp³-hybridized carbons (Fsp3) is 0.429. The summed E-state index contributed by atoms with van der Waals surface area (Å²) >= 11 is 0. The summed E-state index contributed by atoms with van der Waals surface area (Å²) in [5, 5.41) is 9.10. The molecule has 0 saturated carbocycles. The molecule has 102 valence electrons. The minimum absolute atomic E-state index is 0.150. The molecule has 1 aromatic rings. The predicted molar refractivity (Wildman–Crippen MR) is 70.5 cm³/mol. The van der Waals surface area contributed by atoms with Crippen LogP contribution in [0.5, 0.6) is 0 Å². The van der Waals surface area contributed by atoms with Gasteiger partial charge in [0.2, 0.25) is 5.91 Å². The highest BCUT2D eigenvalue weighted by atomic mass is 16.4. The Morgan fingerprint density at radius 3 is 2.74 bits per heavy atom. The number of hydrogen-bond donors (Lipinski definition) is 2. The van der Waals surface area contributed by atoms with Gasteiger partial charge in [-0.3, -0.25) is 14.5 Å². The maximum Gasteiger partial charge on any atom is 0.308 e. The molecule has 2 rings (SSSR count). The Balaban J connectivity index is 2.04. The van der Waals surface area contributed by atoms with Gasteiger partial charge in [-0.15, -0.1) is 0 Å². The Morgan fingerprint density at radius 2 is 2.16 bits per heavy atom. The van der Waals surface area contributed by atoms with Crippen LogP contribution in [0.25, 0.3) is 0 Å². The van der Waals surface area contributed by atoms with Gasteiger partial charge in [-0.05, 0) is 23.6 Å². The number of hydrogen-bond acceptors (Lipinski definition) is 3. The third kappa shape index (κ3) is 3.12. The van der Waals surface area contributed by atoms with Crippen LogP contribution in [0.3, 0.4) is 0 Å². The Bertz CT molecular complexity index is 501. The van der Waals surface area contributed by atoms with E-state index in [1.165, 1.54) is 0 Å². The molecular formula is C14H18N2O3. The van der Waals surface area contributed by atoms with Gasteiger partial charge in [0, 0.05) is 25.2 Å². The summed E-state index contributed by atoms with van der Waals surface area (Å²) in [4.78, 5) is 24.3. The number of carbonyl (C=O) groups excluding carboxylic acids is 1. The standard InChI is InChI=1S/C14H18N2O3/c1-9-6-16(8-12(9)14(18)19)7-10-3-2-4-11(5-10)13(15)17/h2-5,9,12H,6-8H2,1H3,(H2,15,17)(H,18,19). The van der Waals surface area contributed by atoms with E-state index in [0.717, 1.165) is 12.1 Å². The Morgan fingerprint density at radius 1 is 1.42 bits per heavy atom. The van der Waals surface area contributed by atoms with E-state index in [9.17, 15) is 9.59 Å². The van der Waals surface area contributed by atoms with Crippen molar-refractivity contribution in [2.45, 2.75) is 13.5 Å². The lowest BCUT2D eigenvalue weighted by Crippen LogP contribution is -2.23. The SMILES string of the molecule is CC1CN(Cc2cccc(C(N)=O)c2)CC1C(=O)O. The normalized spacial score (nSPS) is 23.4. The summed E-state index contributed by atoms with van der Waals surface area (Å²) in [6, 6.07) is 7.16. The van der Waals surface area contributed by atoms with Gasteiger partial charge >= 0.3 is 5.97 Å². The first-order chi connectivity index (χ1) is 8.97. The topological polar surface area (TPSA) is 83.6 Å². The second-order valence-corrected chi connectivity index (χ2v) is 5.18. The number of carboxylic acid groups (broad SMARTS) is 1. The zero-order valence-electron chi connectivity index (χ0n) is 10.9. The number of likely N-dealkylation sites (tertiary alicyclic amines) is 1. The zero-order valence-corrected chi connectivity index (χ0v) is 10.9. The molecule has 1 heterocycles. The quantitative estimate of drug-likeness (QED) is 0.845. The van der Waals surface area contributed by atoms with Gasteiger partial charge in [-0.2, -0.15) is 0 Å². The fourth-order valence-electron chi connectivity index (χ4n) is 2.60. The van der Waals surface area contributed by atoms with Gasteiger partial charge < -0.3 is 10.8 Å². The first-order valence-corrected chi connectivity index (χ1v) is 6.31. The summed E-state index contributed by atoms with van der Waals surface area (Å²) in [5.74, 6) is -1.34. The van der Waals surface area contributed by atoms with Crippen molar-refractivity contribution < 1.29 is 14.7 Å². The summed E-state index contributed by atoms with van der Waals surface area (Å²) in [7, 11) is 0. The highest BCUT2D eigenvalue weighted by Gasteiger charge is 2.34. The van der Waals surface area contributed by atoms with Crippen LogP contribution in [0.4, 0.5) is 0 Å². The van der Waals surface area contributed by atoms with Crippen molar-refractivity contribution in [2.24, 2.45) is 17.6 Å². The molecule has 0 aliphatic carbocycles. The zero-order chi connectivity index (χ0) is 14.0. The molecule has 5 heteroatoms. The maximum atomic E-state index is 11.1. The molecule has 0 bridgehead atoms. The van der Waals surface area contributed by atoms with E-state index < -0.39 is 11.9 Å². The van der Waals surface area contributed by atoms with E-state index in [1.54, 1.807) is 18.2 Å². The first kappa shape index (κ1) is 13.5. The van der Waals surface area contributed by atoms with Crippen LogP contribution >= 0.6 is 0 Å². The monoisotopic (exact) mass is 262 g/mol. The van der Waals surface area contributed by atoms with Gasteiger partial charge in [-0.25, -0.2) is 0 Å². The van der Waals surface area contributed by atoms with E-state index in [0.29, 0.717) is 18.7 Å². The molecule has 1 saturated heterocycles. The van der Waals surface area contributed by atoms with E-state index in [1.807, 2.05) is 13.0 Å². The van der Waals surface area contributed by atoms with Crippen LogP contribution in [-0.4, -0.2) is 35.0 Å². The number of amides is 1.